The number of hydrogen-bond donors (Lipinski definition) is 0. The summed E-state index contributed by atoms with van der Waals surface area (Å²) < 4.78 is 19.8. The number of anilines is 1. The number of halogens is 3. The second kappa shape index (κ2) is 9.29. The fourth-order valence-corrected chi connectivity index (χ4v) is 6.28. The number of nitrogens with zero attached hydrogens (tertiary/aromatic N) is 2. The van der Waals surface area contributed by atoms with Crippen LogP contribution < -0.4 is 10.3 Å². The molecule has 1 atom stereocenters. The highest BCUT2D eigenvalue weighted by atomic mass is 35.5. The molecule has 6 nitrogen and oxygen atoms in total. The van der Waals surface area contributed by atoms with Gasteiger partial charge in [-0.15, -0.1) is 0 Å². The summed E-state index contributed by atoms with van der Waals surface area (Å²) in [7, 11) is 0. The molecular weight excluding hydrogens is 566 g/mol. The van der Waals surface area contributed by atoms with Gasteiger partial charge in [-0.05, 0) is 53.6 Å². The predicted molar refractivity (Wildman–Crippen MR) is 154 cm³/mol. The molecule has 202 valence electrons. The second-order valence-electron chi connectivity index (χ2n) is 10.0. The Balaban J connectivity index is 1.52. The lowest BCUT2D eigenvalue weighted by molar-refractivity contribution is -0.126. The van der Waals surface area contributed by atoms with Crippen molar-refractivity contribution >= 4 is 51.7 Å². The first-order valence-electron chi connectivity index (χ1n) is 12.8. The van der Waals surface area contributed by atoms with Gasteiger partial charge in [0.2, 0.25) is 5.76 Å². The van der Waals surface area contributed by atoms with Gasteiger partial charge in [0.25, 0.3) is 11.8 Å². The van der Waals surface area contributed by atoms with Crippen molar-refractivity contribution in [3.8, 4) is 0 Å². The lowest BCUT2D eigenvalue weighted by Gasteiger charge is -2.34. The number of benzene rings is 4. The fourth-order valence-electron chi connectivity index (χ4n) is 5.91. The average Bonchev–Trinajstić information content (AvgIpc) is 3.36. The van der Waals surface area contributed by atoms with Crippen LogP contribution in [0.15, 0.2) is 100 Å². The Kier molecular flexibility index (Phi) is 5.78. The SMILES string of the molecule is O=C1c2oc3ccc(Cl)cc3c(=O)c2C2(C(=O)N(Cc3ccccc3Cl)c3ccccc32)N1Cc1ccc(F)cc1. The van der Waals surface area contributed by atoms with Crippen LogP contribution in [0.4, 0.5) is 10.1 Å². The molecule has 1 spiro atoms. The van der Waals surface area contributed by atoms with Crippen molar-refractivity contribution in [2.24, 2.45) is 0 Å². The number of amides is 2. The smallest absolute Gasteiger partial charge is 0.291 e. The average molecular weight is 585 g/mol. The van der Waals surface area contributed by atoms with Crippen molar-refractivity contribution in [1.29, 1.82) is 0 Å². The molecule has 2 amide bonds. The van der Waals surface area contributed by atoms with Crippen LogP contribution in [-0.4, -0.2) is 16.7 Å². The Morgan fingerprint density at radius 3 is 2.34 bits per heavy atom. The molecule has 0 radical (unpaired) electrons. The van der Waals surface area contributed by atoms with E-state index in [1.54, 1.807) is 42.5 Å². The van der Waals surface area contributed by atoms with Crippen molar-refractivity contribution in [2.45, 2.75) is 18.6 Å². The molecule has 1 aromatic heterocycles. The van der Waals surface area contributed by atoms with Gasteiger partial charge in [-0.2, -0.15) is 0 Å². The zero-order valence-electron chi connectivity index (χ0n) is 21.2. The van der Waals surface area contributed by atoms with Crippen LogP contribution in [0.3, 0.4) is 0 Å². The van der Waals surface area contributed by atoms with Crippen molar-refractivity contribution in [3.63, 3.8) is 0 Å². The lowest BCUT2D eigenvalue weighted by Crippen LogP contribution is -2.52. The van der Waals surface area contributed by atoms with Crippen LogP contribution in [0, 0.1) is 5.82 Å². The number of hydrogen-bond acceptors (Lipinski definition) is 4. The molecule has 0 N–H and O–H groups in total. The van der Waals surface area contributed by atoms with Gasteiger partial charge in [-0.25, -0.2) is 4.39 Å². The molecule has 41 heavy (non-hydrogen) atoms. The molecule has 2 aliphatic rings. The van der Waals surface area contributed by atoms with Crippen molar-refractivity contribution in [1.82, 2.24) is 4.90 Å². The number of rotatable bonds is 4. The van der Waals surface area contributed by atoms with Gasteiger partial charge in [0, 0.05) is 22.2 Å². The van der Waals surface area contributed by atoms with Crippen LogP contribution in [-0.2, 0) is 23.4 Å². The van der Waals surface area contributed by atoms with E-state index in [4.69, 9.17) is 27.6 Å². The molecule has 7 rings (SSSR count). The number of fused-ring (bicyclic) bond motifs is 5. The van der Waals surface area contributed by atoms with E-state index in [1.807, 2.05) is 12.1 Å². The van der Waals surface area contributed by atoms with E-state index in [0.29, 0.717) is 32.4 Å². The summed E-state index contributed by atoms with van der Waals surface area (Å²) in [6, 6.07) is 24.4. The van der Waals surface area contributed by atoms with E-state index >= 15 is 0 Å². The van der Waals surface area contributed by atoms with Gasteiger partial charge in [0.05, 0.1) is 23.2 Å². The van der Waals surface area contributed by atoms with Crippen LogP contribution in [0.1, 0.15) is 32.8 Å². The molecule has 0 fully saturated rings. The van der Waals surface area contributed by atoms with Gasteiger partial charge in [-0.1, -0.05) is 71.7 Å². The first kappa shape index (κ1) is 25.5. The Morgan fingerprint density at radius 2 is 1.56 bits per heavy atom. The summed E-state index contributed by atoms with van der Waals surface area (Å²) in [5, 5.41) is 0.941. The van der Waals surface area contributed by atoms with Gasteiger partial charge < -0.3 is 14.2 Å². The lowest BCUT2D eigenvalue weighted by atomic mass is 9.83. The summed E-state index contributed by atoms with van der Waals surface area (Å²) in [5.41, 5.74) is 0.00293. The molecule has 4 aromatic carbocycles. The quantitative estimate of drug-likeness (QED) is 0.236. The van der Waals surface area contributed by atoms with Crippen molar-refractivity contribution < 1.29 is 18.4 Å². The third-order valence-corrected chi connectivity index (χ3v) is 8.34. The Bertz CT molecular complexity index is 1970. The van der Waals surface area contributed by atoms with Crippen LogP contribution in [0.2, 0.25) is 10.0 Å². The summed E-state index contributed by atoms with van der Waals surface area (Å²) in [4.78, 5) is 46.2. The molecule has 5 aromatic rings. The monoisotopic (exact) mass is 584 g/mol. The summed E-state index contributed by atoms with van der Waals surface area (Å²) in [6.45, 7) is 0.0236. The van der Waals surface area contributed by atoms with E-state index in [0.717, 1.165) is 0 Å². The van der Waals surface area contributed by atoms with Gasteiger partial charge in [0.15, 0.2) is 11.0 Å². The third-order valence-electron chi connectivity index (χ3n) is 7.74. The first-order valence-corrected chi connectivity index (χ1v) is 13.5. The number of carbonyl (C=O) groups is 2. The van der Waals surface area contributed by atoms with E-state index in [2.05, 4.69) is 0 Å². The summed E-state index contributed by atoms with van der Waals surface area (Å²) >= 11 is 12.7. The third kappa shape index (κ3) is 3.66. The van der Waals surface area contributed by atoms with E-state index in [-0.39, 0.29) is 35.4 Å². The largest absolute Gasteiger partial charge is 0.450 e. The van der Waals surface area contributed by atoms with Gasteiger partial charge >= 0.3 is 0 Å². The molecule has 0 saturated heterocycles. The maximum Gasteiger partial charge on any atom is 0.291 e. The minimum atomic E-state index is -1.84. The molecule has 3 heterocycles. The molecule has 0 aliphatic carbocycles. The number of para-hydroxylation sites is 1. The van der Waals surface area contributed by atoms with Crippen molar-refractivity contribution in [3.05, 3.63) is 145 Å². The second-order valence-corrected chi connectivity index (χ2v) is 10.8. The van der Waals surface area contributed by atoms with Crippen LogP contribution in [0.5, 0.6) is 0 Å². The standard InChI is InChI=1S/C32H19Cl2FN2O4/c33-20-11-14-26-22(15-20)28(38)27-29(41-26)30(39)37(16-18-9-12-21(35)13-10-18)32(27)23-6-2-4-8-25(23)36(31(32)40)17-19-5-1-3-7-24(19)34/h1-15H,16-17H2. The molecular formula is C32H19Cl2FN2O4. The highest BCUT2D eigenvalue weighted by molar-refractivity contribution is 6.31. The number of carbonyl (C=O) groups excluding carboxylic acids is 2. The van der Waals surface area contributed by atoms with Crippen LogP contribution in [0.25, 0.3) is 11.0 Å². The van der Waals surface area contributed by atoms with Crippen molar-refractivity contribution in [2.75, 3.05) is 4.90 Å². The highest BCUT2D eigenvalue weighted by Crippen LogP contribution is 2.53. The van der Waals surface area contributed by atoms with E-state index in [9.17, 15) is 18.8 Å². The fraction of sp³-hybridized carbons (Fsp3) is 0.0938. The topological polar surface area (TPSA) is 70.8 Å². The highest BCUT2D eigenvalue weighted by Gasteiger charge is 2.65. The molecule has 1 unspecified atom stereocenters. The molecule has 0 bridgehead atoms. The Hall–Kier alpha value is -4.46. The maximum atomic E-state index is 14.8. The predicted octanol–water partition coefficient (Wildman–Crippen LogP) is 6.69. The normalized spacial score (nSPS) is 17.5. The van der Waals surface area contributed by atoms with Gasteiger partial charge in [-0.3, -0.25) is 14.4 Å². The first-order chi connectivity index (χ1) is 19.8. The Labute approximate surface area is 243 Å². The molecule has 0 saturated carbocycles. The zero-order chi connectivity index (χ0) is 28.5. The zero-order valence-corrected chi connectivity index (χ0v) is 22.7. The maximum absolute atomic E-state index is 14.8. The molecule has 2 aliphatic heterocycles. The summed E-state index contributed by atoms with van der Waals surface area (Å²) in [5.74, 6) is -1.77. The van der Waals surface area contributed by atoms with E-state index in [1.165, 1.54) is 46.2 Å². The minimum absolute atomic E-state index is 0.0708. The minimum Gasteiger partial charge on any atom is -0.450 e. The Morgan fingerprint density at radius 1 is 0.829 bits per heavy atom. The van der Waals surface area contributed by atoms with Crippen LogP contribution >= 0.6 is 23.2 Å². The van der Waals surface area contributed by atoms with E-state index < -0.39 is 28.6 Å². The molecule has 9 heteroatoms. The summed E-state index contributed by atoms with van der Waals surface area (Å²) in [6.07, 6.45) is 0. The van der Waals surface area contributed by atoms with Gasteiger partial charge in [0.1, 0.15) is 11.4 Å².